The fourth-order valence-electron chi connectivity index (χ4n) is 3.50. The fourth-order valence-corrected chi connectivity index (χ4v) is 4.82. The first kappa shape index (κ1) is 17.3. The van der Waals surface area contributed by atoms with Crippen molar-refractivity contribution in [1.82, 2.24) is 0 Å². The Morgan fingerprint density at radius 2 is 2.08 bits per heavy atom. The zero-order valence-electron chi connectivity index (χ0n) is 14.5. The summed E-state index contributed by atoms with van der Waals surface area (Å²) in [5.41, 5.74) is 7.06. The van der Waals surface area contributed by atoms with Gasteiger partial charge in [-0.05, 0) is 67.7 Å². The van der Waals surface area contributed by atoms with E-state index in [1.54, 1.807) is 0 Å². The molecule has 1 aromatic carbocycles. The monoisotopic (exact) mass is 345 g/mol. The summed E-state index contributed by atoms with van der Waals surface area (Å²) in [4.78, 5) is 13.2. The molecular formula is C20H27NO2S. The van der Waals surface area contributed by atoms with Crippen molar-refractivity contribution >= 4 is 27.3 Å². The molecule has 1 amide bonds. The average molecular weight is 346 g/mol. The lowest BCUT2D eigenvalue weighted by molar-refractivity contribution is -0.125. The van der Waals surface area contributed by atoms with Crippen molar-refractivity contribution in [3.8, 4) is 5.75 Å². The Balaban J connectivity index is 1.72. The molecule has 1 aliphatic carbocycles. The Morgan fingerprint density at radius 3 is 2.88 bits per heavy atom. The molecule has 130 valence electrons. The van der Waals surface area contributed by atoms with Crippen LogP contribution in [0.5, 0.6) is 5.75 Å². The summed E-state index contributed by atoms with van der Waals surface area (Å²) in [5.74, 6) is 0.400. The molecule has 2 N–H and O–H groups in total. The summed E-state index contributed by atoms with van der Waals surface area (Å²) >= 11 is 1.88. The molecule has 0 saturated heterocycles. The SMILES string of the molecule is CCCCCCC(Oc1ccc2c3c(sc2c1)CCCC3)C(N)=O. The molecular weight excluding hydrogens is 318 g/mol. The van der Waals surface area contributed by atoms with E-state index in [2.05, 4.69) is 19.1 Å². The van der Waals surface area contributed by atoms with Gasteiger partial charge in [-0.2, -0.15) is 0 Å². The van der Waals surface area contributed by atoms with Crippen molar-refractivity contribution in [2.75, 3.05) is 0 Å². The molecule has 1 heterocycles. The van der Waals surface area contributed by atoms with E-state index in [0.717, 1.165) is 18.6 Å². The molecule has 0 spiro atoms. The third-order valence-electron chi connectivity index (χ3n) is 4.84. The van der Waals surface area contributed by atoms with Gasteiger partial charge in [0.05, 0.1) is 0 Å². The number of carbonyl (C=O) groups excluding carboxylic acids is 1. The first-order chi connectivity index (χ1) is 11.7. The summed E-state index contributed by atoms with van der Waals surface area (Å²) in [6.45, 7) is 2.18. The van der Waals surface area contributed by atoms with Gasteiger partial charge in [-0.1, -0.05) is 26.2 Å². The van der Waals surface area contributed by atoms with Crippen LogP contribution in [0.15, 0.2) is 18.2 Å². The summed E-state index contributed by atoms with van der Waals surface area (Å²) in [6.07, 6.45) is 9.65. The Morgan fingerprint density at radius 1 is 1.25 bits per heavy atom. The molecule has 4 heteroatoms. The van der Waals surface area contributed by atoms with Gasteiger partial charge in [-0.25, -0.2) is 0 Å². The average Bonchev–Trinajstić information content (AvgIpc) is 2.95. The standard InChI is InChI=1S/C20H27NO2S/c1-2-3-4-5-9-17(20(21)22)23-14-11-12-16-15-8-6-7-10-18(15)24-19(16)13-14/h11-13,17H,2-10H2,1H3,(H2,21,22). The predicted molar refractivity (Wildman–Crippen MR) is 101 cm³/mol. The highest BCUT2D eigenvalue weighted by Gasteiger charge is 2.19. The van der Waals surface area contributed by atoms with Crippen molar-refractivity contribution < 1.29 is 9.53 Å². The fraction of sp³-hybridized carbons (Fsp3) is 0.550. The van der Waals surface area contributed by atoms with Gasteiger partial charge in [0, 0.05) is 9.58 Å². The number of aryl methyl sites for hydroxylation is 2. The maximum absolute atomic E-state index is 11.7. The van der Waals surface area contributed by atoms with Crippen LogP contribution in [0.1, 0.15) is 62.3 Å². The van der Waals surface area contributed by atoms with Gasteiger partial charge in [0.15, 0.2) is 6.10 Å². The van der Waals surface area contributed by atoms with Gasteiger partial charge in [0.1, 0.15) is 5.75 Å². The number of nitrogens with two attached hydrogens (primary N) is 1. The molecule has 1 aromatic heterocycles. The highest BCUT2D eigenvalue weighted by atomic mass is 32.1. The molecule has 3 nitrogen and oxygen atoms in total. The van der Waals surface area contributed by atoms with E-state index in [0.29, 0.717) is 6.42 Å². The second-order valence-corrected chi connectivity index (χ2v) is 7.86. The minimum atomic E-state index is -0.520. The quantitative estimate of drug-likeness (QED) is 0.686. The van der Waals surface area contributed by atoms with E-state index < -0.39 is 6.10 Å². The van der Waals surface area contributed by atoms with Crippen LogP contribution in [0.25, 0.3) is 10.1 Å². The van der Waals surface area contributed by atoms with Crippen molar-refractivity contribution in [1.29, 1.82) is 0 Å². The number of benzene rings is 1. The van der Waals surface area contributed by atoms with Gasteiger partial charge in [-0.3, -0.25) is 4.79 Å². The largest absolute Gasteiger partial charge is 0.481 e. The second kappa shape index (κ2) is 8.02. The molecule has 1 atom stereocenters. The number of thiophene rings is 1. The maximum Gasteiger partial charge on any atom is 0.258 e. The van der Waals surface area contributed by atoms with Gasteiger partial charge in [0.2, 0.25) is 0 Å². The first-order valence-electron chi connectivity index (χ1n) is 9.19. The topological polar surface area (TPSA) is 52.3 Å². The normalized spacial score (nSPS) is 15.2. The lowest BCUT2D eigenvalue weighted by atomic mass is 9.96. The Kier molecular flexibility index (Phi) is 5.77. The van der Waals surface area contributed by atoms with Crippen molar-refractivity contribution in [2.24, 2.45) is 5.73 Å². The minimum absolute atomic E-state index is 0.364. The van der Waals surface area contributed by atoms with E-state index in [1.165, 1.54) is 59.1 Å². The molecule has 24 heavy (non-hydrogen) atoms. The van der Waals surface area contributed by atoms with Crippen molar-refractivity contribution in [3.05, 3.63) is 28.6 Å². The van der Waals surface area contributed by atoms with E-state index in [-0.39, 0.29) is 5.91 Å². The summed E-state index contributed by atoms with van der Waals surface area (Å²) in [7, 11) is 0. The van der Waals surface area contributed by atoms with Crippen LogP contribution >= 0.6 is 11.3 Å². The van der Waals surface area contributed by atoms with Crippen LogP contribution in [0, 0.1) is 0 Å². The van der Waals surface area contributed by atoms with Crippen molar-refractivity contribution in [3.63, 3.8) is 0 Å². The molecule has 0 saturated carbocycles. The lowest BCUT2D eigenvalue weighted by Gasteiger charge is -2.16. The molecule has 2 aromatic rings. The van der Waals surface area contributed by atoms with E-state index in [1.807, 2.05) is 17.4 Å². The van der Waals surface area contributed by atoms with Gasteiger partial charge in [0.25, 0.3) is 5.91 Å². The zero-order chi connectivity index (χ0) is 16.9. The minimum Gasteiger partial charge on any atom is -0.481 e. The molecule has 0 bridgehead atoms. The highest BCUT2D eigenvalue weighted by Crippen LogP contribution is 2.38. The number of carbonyl (C=O) groups is 1. The van der Waals surface area contributed by atoms with Crippen molar-refractivity contribution in [2.45, 2.75) is 70.8 Å². The van der Waals surface area contributed by atoms with E-state index in [9.17, 15) is 4.79 Å². The number of ether oxygens (including phenoxy) is 1. The highest BCUT2D eigenvalue weighted by molar-refractivity contribution is 7.19. The third-order valence-corrected chi connectivity index (χ3v) is 6.10. The van der Waals surface area contributed by atoms with Crippen LogP contribution in [0.2, 0.25) is 0 Å². The van der Waals surface area contributed by atoms with Gasteiger partial charge >= 0.3 is 0 Å². The first-order valence-corrected chi connectivity index (χ1v) is 10.0. The summed E-state index contributed by atoms with van der Waals surface area (Å²) in [6, 6.07) is 6.23. The van der Waals surface area contributed by atoms with Crippen LogP contribution in [-0.2, 0) is 17.6 Å². The molecule has 0 aliphatic heterocycles. The van der Waals surface area contributed by atoms with Crippen LogP contribution < -0.4 is 10.5 Å². The Hall–Kier alpha value is -1.55. The van der Waals surface area contributed by atoms with E-state index >= 15 is 0 Å². The molecule has 1 aliphatic rings. The number of hydrogen-bond acceptors (Lipinski definition) is 3. The number of primary amides is 1. The molecule has 3 rings (SSSR count). The number of unbranched alkanes of at least 4 members (excludes halogenated alkanes) is 3. The summed E-state index contributed by atoms with van der Waals surface area (Å²) in [5, 5.41) is 1.36. The predicted octanol–water partition coefficient (Wildman–Crippen LogP) is 4.98. The number of fused-ring (bicyclic) bond motifs is 3. The Bertz CT molecular complexity index is 707. The van der Waals surface area contributed by atoms with Crippen LogP contribution in [0.4, 0.5) is 0 Å². The number of amides is 1. The lowest BCUT2D eigenvalue weighted by Crippen LogP contribution is -2.33. The summed E-state index contributed by atoms with van der Waals surface area (Å²) < 4.78 is 7.20. The van der Waals surface area contributed by atoms with Crippen LogP contribution in [-0.4, -0.2) is 12.0 Å². The maximum atomic E-state index is 11.7. The second-order valence-electron chi connectivity index (χ2n) is 6.73. The molecule has 1 unspecified atom stereocenters. The zero-order valence-corrected chi connectivity index (χ0v) is 15.3. The number of rotatable bonds is 8. The Labute approximate surface area is 148 Å². The third kappa shape index (κ3) is 3.92. The smallest absolute Gasteiger partial charge is 0.258 e. The van der Waals surface area contributed by atoms with Gasteiger partial charge < -0.3 is 10.5 Å². The molecule has 0 fully saturated rings. The number of hydrogen-bond donors (Lipinski definition) is 1. The van der Waals surface area contributed by atoms with Gasteiger partial charge in [-0.15, -0.1) is 11.3 Å². The van der Waals surface area contributed by atoms with Crippen LogP contribution in [0.3, 0.4) is 0 Å². The molecule has 0 radical (unpaired) electrons. The van der Waals surface area contributed by atoms with E-state index in [4.69, 9.17) is 10.5 Å².